The number of carbonyl (C=O) groups excluding carboxylic acids is 2. The highest BCUT2D eigenvalue weighted by Gasteiger charge is 2.36. The zero-order valence-corrected chi connectivity index (χ0v) is 14.9. The minimum Gasteiger partial charge on any atom is -0.453 e. The number of nitrogens with two attached hydrogens (primary N) is 1. The lowest BCUT2D eigenvalue weighted by molar-refractivity contribution is -0.133. The van der Waals surface area contributed by atoms with Gasteiger partial charge in [-0.05, 0) is 32.3 Å². The fraction of sp³-hybridized carbons (Fsp3) is 0.500. The van der Waals surface area contributed by atoms with Crippen molar-refractivity contribution in [3.8, 4) is 0 Å². The Labute approximate surface area is 148 Å². The molecule has 136 valence electrons. The highest BCUT2D eigenvalue weighted by atomic mass is 16.5. The van der Waals surface area contributed by atoms with Gasteiger partial charge < -0.3 is 20.7 Å². The minimum atomic E-state index is -0.818. The Morgan fingerprint density at radius 1 is 1.32 bits per heavy atom. The number of nitrogens with zero attached hydrogens (tertiary/aromatic N) is 2. The Morgan fingerprint density at radius 2 is 2.00 bits per heavy atom. The first kappa shape index (κ1) is 18.8. The number of methoxy groups -OCH3 is 1. The molecule has 1 heterocycles. The van der Waals surface area contributed by atoms with E-state index in [9.17, 15) is 9.59 Å². The lowest BCUT2D eigenvalue weighted by Crippen LogP contribution is -2.49. The number of likely N-dealkylation sites (tertiary alicyclic amines) is 1. The normalized spacial score (nSPS) is 19.0. The number of carbonyl (C=O) groups is 2. The molecule has 0 radical (unpaired) electrons. The predicted octanol–water partition coefficient (Wildman–Crippen LogP) is 1.84. The van der Waals surface area contributed by atoms with Gasteiger partial charge in [-0.25, -0.2) is 4.79 Å². The average Bonchev–Trinajstić information content (AvgIpc) is 3.09. The van der Waals surface area contributed by atoms with E-state index in [1.165, 1.54) is 7.11 Å². The van der Waals surface area contributed by atoms with Gasteiger partial charge in [-0.3, -0.25) is 9.79 Å². The number of aliphatic imine (C=N–C) groups is 1. The highest BCUT2D eigenvalue weighted by Crippen LogP contribution is 2.24. The Bertz CT molecular complexity index is 630. The summed E-state index contributed by atoms with van der Waals surface area (Å²) in [6.07, 6.45) is 0.972. The molecule has 1 aliphatic heterocycles. The van der Waals surface area contributed by atoms with Gasteiger partial charge in [-0.15, -0.1) is 0 Å². The first-order chi connectivity index (χ1) is 11.9. The molecule has 1 aromatic rings. The van der Waals surface area contributed by atoms with Crippen molar-refractivity contribution in [2.45, 2.75) is 44.8 Å². The van der Waals surface area contributed by atoms with Crippen LogP contribution in [-0.2, 0) is 9.53 Å². The van der Waals surface area contributed by atoms with E-state index >= 15 is 0 Å². The SMILES string of the molecule is COC(=O)N[C@@H](C(=O)N1CCC[C@H]1/C(N)=N/C(C)C)c1ccccc1. The molecule has 0 saturated carbocycles. The van der Waals surface area contributed by atoms with Crippen molar-refractivity contribution in [3.05, 3.63) is 35.9 Å². The monoisotopic (exact) mass is 346 g/mol. The van der Waals surface area contributed by atoms with Crippen molar-refractivity contribution < 1.29 is 14.3 Å². The third-order valence-electron chi connectivity index (χ3n) is 4.11. The quantitative estimate of drug-likeness (QED) is 0.628. The number of hydrogen-bond acceptors (Lipinski definition) is 4. The van der Waals surface area contributed by atoms with Gasteiger partial charge in [0.1, 0.15) is 11.9 Å². The van der Waals surface area contributed by atoms with E-state index in [0.29, 0.717) is 17.9 Å². The topological polar surface area (TPSA) is 97.0 Å². The maximum Gasteiger partial charge on any atom is 0.407 e. The Kier molecular flexibility index (Phi) is 6.38. The summed E-state index contributed by atoms with van der Waals surface area (Å²) in [6.45, 7) is 4.48. The Balaban J connectivity index is 2.27. The van der Waals surface area contributed by atoms with Gasteiger partial charge in [-0.1, -0.05) is 30.3 Å². The molecule has 0 bridgehead atoms. The van der Waals surface area contributed by atoms with Crippen molar-refractivity contribution >= 4 is 17.8 Å². The van der Waals surface area contributed by atoms with E-state index in [1.807, 2.05) is 32.0 Å². The van der Waals surface area contributed by atoms with Crippen LogP contribution in [0.25, 0.3) is 0 Å². The molecule has 7 heteroatoms. The minimum absolute atomic E-state index is 0.0654. The van der Waals surface area contributed by atoms with Crippen LogP contribution in [0.4, 0.5) is 4.79 Å². The van der Waals surface area contributed by atoms with Crippen molar-refractivity contribution in [2.75, 3.05) is 13.7 Å². The molecule has 0 aromatic heterocycles. The fourth-order valence-electron chi connectivity index (χ4n) is 3.00. The zero-order valence-electron chi connectivity index (χ0n) is 14.9. The van der Waals surface area contributed by atoms with E-state index in [0.717, 1.165) is 12.8 Å². The van der Waals surface area contributed by atoms with Crippen molar-refractivity contribution in [2.24, 2.45) is 10.7 Å². The number of hydrogen-bond donors (Lipinski definition) is 2. The van der Waals surface area contributed by atoms with Crippen molar-refractivity contribution in [1.82, 2.24) is 10.2 Å². The number of amidine groups is 1. The number of nitrogens with one attached hydrogen (secondary N) is 1. The Hall–Kier alpha value is -2.57. The molecule has 3 N–H and O–H groups in total. The van der Waals surface area contributed by atoms with Crippen LogP contribution in [0, 0.1) is 0 Å². The number of alkyl carbamates (subject to hydrolysis) is 1. The van der Waals surface area contributed by atoms with Crippen LogP contribution in [0.15, 0.2) is 35.3 Å². The van der Waals surface area contributed by atoms with Gasteiger partial charge >= 0.3 is 6.09 Å². The standard InChI is InChI=1S/C18H26N4O3/c1-12(2)20-16(19)14-10-7-11-22(14)17(23)15(21-18(24)25-3)13-8-5-4-6-9-13/h4-6,8-9,12,14-15H,7,10-11H2,1-3H3,(H2,19,20)(H,21,24)/t14-,15+/m0/s1. The van der Waals surface area contributed by atoms with Gasteiger partial charge in [0.25, 0.3) is 5.91 Å². The molecular weight excluding hydrogens is 320 g/mol. The van der Waals surface area contributed by atoms with Crippen LogP contribution >= 0.6 is 0 Å². The number of ether oxygens (including phenoxy) is 1. The molecule has 2 amide bonds. The van der Waals surface area contributed by atoms with Gasteiger partial charge in [0.15, 0.2) is 0 Å². The molecule has 7 nitrogen and oxygen atoms in total. The number of amides is 2. The summed E-state index contributed by atoms with van der Waals surface area (Å²) in [4.78, 5) is 31.0. The van der Waals surface area contributed by atoms with Crippen LogP contribution in [0.1, 0.15) is 38.3 Å². The zero-order chi connectivity index (χ0) is 18.4. The van der Waals surface area contributed by atoms with Crippen molar-refractivity contribution in [3.63, 3.8) is 0 Å². The summed E-state index contributed by atoms with van der Waals surface area (Å²) >= 11 is 0. The van der Waals surface area contributed by atoms with Gasteiger partial charge in [0.2, 0.25) is 0 Å². The summed E-state index contributed by atoms with van der Waals surface area (Å²) in [5.74, 6) is 0.256. The van der Waals surface area contributed by atoms with Gasteiger partial charge in [0.05, 0.1) is 13.2 Å². The van der Waals surface area contributed by atoms with E-state index in [4.69, 9.17) is 5.73 Å². The third-order valence-corrected chi connectivity index (χ3v) is 4.11. The maximum atomic E-state index is 13.1. The molecule has 1 saturated heterocycles. The molecule has 1 aromatic carbocycles. The van der Waals surface area contributed by atoms with Gasteiger partial charge in [-0.2, -0.15) is 0 Å². The smallest absolute Gasteiger partial charge is 0.407 e. The summed E-state index contributed by atoms with van der Waals surface area (Å²) in [5, 5.41) is 2.63. The first-order valence-corrected chi connectivity index (χ1v) is 8.47. The lowest BCUT2D eigenvalue weighted by Gasteiger charge is -2.29. The molecule has 1 aliphatic rings. The van der Waals surface area contributed by atoms with E-state index in [2.05, 4.69) is 15.0 Å². The summed E-state index contributed by atoms with van der Waals surface area (Å²) in [7, 11) is 1.27. The number of rotatable bonds is 5. The second kappa shape index (κ2) is 8.50. The summed E-state index contributed by atoms with van der Waals surface area (Å²) in [5.41, 5.74) is 6.82. The fourth-order valence-corrected chi connectivity index (χ4v) is 3.00. The largest absolute Gasteiger partial charge is 0.453 e. The average molecular weight is 346 g/mol. The van der Waals surface area contributed by atoms with Crippen LogP contribution in [0.5, 0.6) is 0 Å². The van der Waals surface area contributed by atoms with Crippen LogP contribution in [0.2, 0.25) is 0 Å². The van der Waals surface area contributed by atoms with Crippen LogP contribution in [0.3, 0.4) is 0 Å². The Morgan fingerprint density at radius 3 is 2.60 bits per heavy atom. The highest BCUT2D eigenvalue weighted by molar-refractivity contribution is 5.94. The molecule has 0 aliphatic carbocycles. The molecule has 1 fully saturated rings. The molecular formula is C18H26N4O3. The second-order valence-corrected chi connectivity index (χ2v) is 6.32. The lowest BCUT2D eigenvalue weighted by atomic mass is 10.0. The molecule has 0 spiro atoms. The second-order valence-electron chi connectivity index (χ2n) is 6.32. The van der Waals surface area contributed by atoms with Crippen LogP contribution in [-0.4, -0.2) is 48.5 Å². The summed E-state index contributed by atoms with van der Waals surface area (Å²) in [6, 6.07) is 8.12. The number of benzene rings is 1. The van der Waals surface area contributed by atoms with E-state index < -0.39 is 12.1 Å². The maximum absolute atomic E-state index is 13.1. The third kappa shape index (κ3) is 4.71. The predicted molar refractivity (Wildman–Crippen MR) is 96.2 cm³/mol. The first-order valence-electron chi connectivity index (χ1n) is 8.47. The molecule has 2 rings (SSSR count). The van der Waals surface area contributed by atoms with Crippen molar-refractivity contribution in [1.29, 1.82) is 0 Å². The van der Waals surface area contributed by atoms with E-state index in [-0.39, 0.29) is 18.0 Å². The molecule has 2 atom stereocenters. The summed E-state index contributed by atoms with van der Waals surface area (Å²) < 4.78 is 4.67. The van der Waals surface area contributed by atoms with Crippen LogP contribution < -0.4 is 11.1 Å². The molecule has 0 unspecified atom stereocenters. The molecule has 25 heavy (non-hydrogen) atoms. The van der Waals surface area contributed by atoms with E-state index in [1.54, 1.807) is 17.0 Å². The van der Waals surface area contributed by atoms with Gasteiger partial charge in [0, 0.05) is 12.6 Å².